The first-order chi connectivity index (χ1) is 15.0. The molecular weight excluding hydrogens is 394 g/mol. The molecule has 0 aromatic carbocycles. The van der Waals surface area contributed by atoms with E-state index < -0.39 is 0 Å². The highest BCUT2D eigenvalue weighted by atomic mass is 16.5. The normalized spacial score (nSPS) is 18.7. The van der Waals surface area contributed by atoms with E-state index in [1.807, 2.05) is 43.1 Å². The first-order valence-corrected chi connectivity index (χ1v) is 10.5. The van der Waals surface area contributed by atoms with Crippen LogP contribution in [-0.4, -0.2) is 60.8 Å². The second-order valence-electron chi connectivity index (χ2n) is 7.77. The van der Waals surface area contributed by atoms with Crippen LogP contribution >= 0.6 is 0 Å². The molecule has 1 aliphatic heterocycles. The minimum atomic E-state index is 0.0342. The van der Waals surface area contributed by atoms with Crippen molar-refractivity contribution in [2.45, 2.75) is 45.9 Å². The average Bonchev–Trinajstić information content (AvgIpc) is 3.20. The maximum atomic E-state index is 12.7. The molecular formula is C22H27N7O2. The molecule has 0 radical (unpaired) electrons. The van der Waals surface area contributed by atoms with E-state index in [-0.39, 0.29) is 24.7 Å². The Hall–Kier alpha value is -3.33. The van der Waals surface area contributed by atoms with Crippen molar-refractivity contribution in [2.75, 3.05) is 18.4 Å². The minimum absolute atomic E-state index is 0.0342. The average molecular weight is 422 g/mol. The fourth-order valence-electron chi connectivity index (χ4n) is 3.66. The number of amides is 1. The Morgan fingerprint density at radius 1 is 1.19 bits per heavy atom. The first kappa shape index (κ1) is 20.9. The van der Waals surface area contributed by atoms with Crippen LogP contribution in [0.2, 0.25) is 0 Å². The molecule has 3 aromatic rings. The number of ether oxygens (including phenoxy) is 1. The van der Waals surface area contributed by atoms with Gasteiger partial charge in [-0.05, 0) is 32.4 Å². The molecule has 1 N–H and O–H groups in total. The summed E-state index contributed by atoms with van der Waals surface area (Å²) in [5.41, 5.74) is 2.60. The Balaban J connectivity index is 1.46. The number of carbonyl (C=O) groups is 1. The smallest absolute Gasteiger partial charge is 0.244 e. The molecule has 2 unspecified atom stereocenters. The summed E-state index contributed by atoms with van der Waals surface area (Å²) in [6.45, 7) is 7.42. The van der Waals surface area contributed by atoms with Crippen LogP contribution in [0.3, 0.4) is 0 Å². The topological polar surface area (TPSA) is 98.1 Å². The van der Waals surface area contributed by atoms with Gasteiger partial charge in [0.25, 0.3) is 0 Å². The zero-order valence-corrected chi connectivity index (χ0v) is 18.0. The zero-order chi connectivity index (χ0) is 21.8. The fraction of sp³-hybridized carbons (Fsp3) is 0.409. The highest BCUT2D eigenvalue weighted by Crippen LogP contribution is 2.20. The van der Waals surface area contributed by atoms with Crippen LogP contribution in [0.1, 0.15) is 26.5 Å². The van der Waals surface area contributed by atoms with E-state index in [1.54, 1.807) is 23.3 Å². The lowest BCUT2D eigenvalue weighted by Crippen LogP contribution is -2.49. The predicted molar refractivity (Wildman–Crippen MR) is 117 cm³/mol. The van der Waals surface area contributed by atoms with Crippen LogP contribution < -0.4 is 5.32 Å². The Morgan fingerprint density at radius 3 is 2.65 bits per heavy atom. The highest BCUT2D eigenvalue weighted by Gasteiger charge is 2.26. The summed E-state index contributed by atoms with van der Waals surface area (Å²) in [6.07, 6.45) is 7.83. The summed E-state index contributed by atoms with van der Waals surface area (Å²) in [5, 5.41) is 7.61. The van der Waals surface area contributed by atoms with Crippen LogP contribution in [-0.2, 0) is 22.5 Å². The number of aryl methyl sites for hydroxylation is 1. The van der Waals surface area contributed by atoms with E-state index in [1.165, 1.54) is 0 Å². The molecule has 1 fully saturated rings. The molecule has 9 nitrogen and oxygen atoms in total. The highest BCUT2D eigenvalue weighted by molar-refractivity contribution is 5.76. The van der Waals surface area contributed by atoms with Gasteiger partial charge >= 0.3 is 0 Å². The van der Waals surface area contributed by atoms with E-state index in [9.17, 15) is 4.79 Å². The number of morpholine rings is 1. The van der Waals surface area contributed by atoms with Crippen LogP contribution in [0.5, 0.6) is 0 Å². The zero-order valence-electron chi connectivity index (χ0n) is 18.0. The van der Waals surface area contributed by atoms with Gasteiger partial charge in [-0.15, -0.1) is 0 Å². The number of anilines is 2. The number of pyridine rings is 1. The van der Waals surface area contributed by atoms with Gasteiger partial charge in [0, 0.05) is 49.0 Å². The third-order valence-electron chi connectivity index (χ3n) is 5.06. The largest absolute Gasteiger partial charge is 0.372 e. The number of carbonyl (C=O) groups excluding carboxylic acids is 1. The third kappa shape index (κ3) is 5.24. The molecule has 0 spiro atoms. The molecule has 31 heavy (non-hydrogen) atoms. The minimum Gasteiger partial charge on any atom is -0.372 e. The molecule has 0 saturated carbocycles. The lowest BCUT2D eigenvalue weighted by molar-refractivity contribution is -0.144. The first-order valence-electron chi connectivity index (χ1n) is 10.5. The molecule has 9 heteroatoms. The molecule has 3 aromatic heterocycles. The molecule has 1 aliphatic rings. The molecule has 4 heterocycles. The van der Waals surface area contributed by atoms with Crippen LogP contribution in [0.4, 0.5) is 11.5 Å². The van der Waals surface area contributed by atoms with Crippen LogP contribution in [0.15, 0.2) is 43.0 Å². The van der Waals surface area contributed by atoms with Crippen LogP contribution in [0, 0.1) is 0 Å². The molecule has 2 atom stereocenters. The van der Waals surface area contributed by atoms with E-state index in [4.69, 9.17) is 4.74 Å². The van der Waals surface area contributed by atoms with Gasteiger partial charge < -0.3 is 15.0 Å². The SMILES string of the molecule is CCc1cc(Nc2cnn(CC(=O)N3CC(C)OC(C)C3)c2)nc(-c2ccncc2)n1. The van der Waals surface area contributed by atoms with Gasteiger partial charge in [0.05, 0.1) is 24.1 Å². The Kier molecular flexibility index (Phi) is 6.22. The maximum absolute atomic E-state index is 12.7. The van der Waals surface area contributed by atoms with E-state index in [0.29, 0.717) is 24.7 Å². The number of aromatic nitrogens is 5. The van der Waals surface area contributed by atoms with Gasteiger partial charge in [0.15, 0.2) is 5.82 Å². The number of hydrogen-bond acceptors (Lipinski definition) is 7. The van der Waals surface area contributed by atoms with Gasteiger partial charge in [0.1, 0.15) is 12.4 Å². The quantitative estimate of drug-likeness (QED) is 0.653. The predicted octanol–water partition coefficient (Wildman–Crippen LogP) is 2.68. The molecule has 1 amide bonds. The summed E-state index contributed by atoms with van der Waals surface area (Å²) in [7, 11) is 0. The van der Waals surface area contributed by atoms with Gasteiger partial charge in [0.2, 0.25) is 5.91 Å². The second-order valence-corrected chi connectivity index (χ2v) is 7.77. The van der Waals surface area contributed by atoms with E-state index in [2.05, 4.69) is 32.3 Å². The van der Waals surface area contributed by atoms with Crippen molar-refractivity contribution < 1.29 is 9.53 Å². The van der Waals surface area contributed by atoms with Gasteiger partial charge in [-0.1, -0.05) is 6.92 Å². The molecule has 162 valence electrons. The van der Waals surface area contributed by atoms with Gasteiger partial charge in [-0.3, -0.25) is 14.5 Å². The Bertz CT molecular complexity index is 1030. The standard InChI is InChI=1S/C22H27N7O2/c1-4-18-9-20(27-22(26-18)17-5-7-23-8-6-17)25-19-10-24-29(13-19)14-21(30)28-11-15(2)31-16(3)12-28/h5-10,13,15-16H,4,11-12,14H2,1-3H3,(H,25,26,27). The molecule has 4 rings (SSSR count). The van der Waals surface area contributed by atoms with Crippen LogP contribution in [0.25, 0.3) is 11.4 Å². The summed E-state index contributed by atoms with van der Waals surface area (Å²) in [6, 6.07) is 5.69. The molecule has 1 saturated heterocycles. The van der Waals surface area contributed by atoms with Crippen molar-refractivity contribution in [1.82, 2.24) is 29.6 Å². The molecule has 0 bridgehead atoms. The molecule has 0 aliphatic carbocycles. The summed E-state index contributed by atoms with van der Waals surface area (Å²) < 4.78 is 7.35. The van der Waals surface area contributed by atoms with Crippen molar-refractivity contribution in [3.8, 4) is 11.4 Å². The number of rotatable bonds is 6. The Labute approximate surface area is 181 Å². The second kappa shape index (κ2) is 9.22. The summed E-state index contributed by atoms with van der Waals surface area (Å²) in [5.74, 6) is 1.36. The van der Waals surface area contributed by atoms with Crippen molar-refractivity contribution in [2.24, 2.45) is 0 Å². The van der Waals surface area contributed by atoms with E-state index >= 15 is 0 Å². The van der Waals surface area contributed by atoms with Gasteiger partial charge in [-0.25, -0.2) is 9.97 Å². The summed E-state index contributed by atoms with van der Waals surface area (Å²) >= 11 is 0. The number of nitrogens with one attached hydrogen (secondary N) is 1. The maximum Gasteiger partial charge on any atom is 0.244 e. The van der Waals surface area contributed by atoms with E-state index in [0.717, 1.165) is 23.4 Å². The van der Waals surface area contributed by atoms with Crippen molar-refractivity contribution >= 4 is 17.4 Å². The Morgan fingerprint density at radius 2 is 1.94 bits per heavy atom. The van der Waals surface area contributed by atoms with Gasteiger partial charge in [-0.2, -0.15) is 5.10 Å². The monoisotopic (exact) mass is 421 g/mol. The lowest BCUT2D eigenvalue weighted by atomic mass is 10.2. The fourth-order valence-corrected chi connectivity index (χ4v) is 3.66. The number of hydrogen-bond donors (Lipinski definition) is 1. The third-order valence-corrected chi connectivity index (χ3v) is 5.06. The van der Waals surface area contributed by atoms with Crippen molar-refractivity contribution in [1.29, 1.82) is 0 Å². The number of nitrogens with zero attached hydrogens (tertiary/aromatic N) is 6. The lowest BCUT2D eigenvalue weighted by Gasteiger charge is -2.35. The van der Waals surface area contributed by atoms with Crippen molar-refractivity contribution in [3.05, 3.63) is 48.7 Å². The summed E-state index contributed by atoms with van der Waals surface area (Å²) in [4.78, 5) is 27.8. The van der Waals surface area contributed by atoms with Crippen molar-refractivity contribution in [3.63, 3.8) is 0 Å².